The van der Waals surface area contributed by atoms with Crippen LogP contribution in [-0.4, -0.2) is 35.9 Å². The van der Waals surface area contributed by atoms with Gasteiger partial charge in [0.1, 0.15) is 11.8 Å². The van der Waals surface area contributed by atoms with Crippen molar-refractivity contribution in [2.24, 2.45) is 0 Å². The lowest BCUT2D eigenvalue weighted by atomic mass is 10.1. The molecule has 1 unspecified atom stereocenters. The first-order chi connectivity index (χ1) is 14.3. The van der Waals surface area contributed by atoms with E-state index in [0.29, 0.717) is 34.3 Å². The van der Waals surface area contributed by atoms with Gasteiger partial charge in [-0.1, -0.05) is 52.1 Å². The van der Waals surface area contributed by atoms with Crippen molar-refractivity contribution in [3.05, 3.63) is 62.0 Å². The number of nitrogens with one attached hydrogen (secondary N) is 1. The number of benzene rings is 2. The second-order valence-electron chi connectivity index (χ2n) is 6.74. The SMILES string of the molecule is CCNC(=O)C(CC)N(Cc1c(Cl)cccc1Cl)C(=O)COc1ccc(Br)c(C)c1. The van der Waals surface area contributed by atoms with Crippen molar-refractivity contribution >= 4 is 50.9 Å². The van der Waals surface area contributed by atoms with E-state index < -0.39 is 6.04 Å². The molecule has 2 aromatic rings. The number of amides is 2. The Morgan fingerprint density at radius 1 is 1.17 bits per heavy atom. The highest BCUT2D eigenvalue weighted by molar-refractivity contribution is 9.10. The Kier molecular flexibility index (Phi) is 9.46. The maximum absolute atomic E-state index is 13.1. The molecule has 8 heteroatoms. The minimum atomic E-state index is -0.667. The standard InChI is InChI=1S/C22H25BrCl2N2O3/c1-4-20(22(29)26-5-2)27(12-16-18(24)7-6-8-19(16)25)21(28)13-30-15-9-10-17(23)14(3)11-15/h6-11,20H,4-5,12-13H2,1-3H3,(H,26,29). The van der Waals surface area contributed by atoms with Crippen LogP contribution in [0.25, 0.3) is 0 Å². The van der Waals surface area contributed by atoms with Gasteiger partial charge in [0, 0.05) is 33.2 Å². The van der Waals surface area contributed by atoms with Gasteiger partial charge in [0.05, 0.1) is 0 Å². The summed E-state index contributed by atoms with van der Waals surface area (Å²) in [6.45, 7) is 5.99. The fourth-order valence-corrected chi connectivity index (χ4v) is 3.76. The summed E-state index contributed by atoms with van der Waals surface area (Å²) < 4.78 is 6.66. The van der Waals surface area contributed by atoms with Crippen molar-refractivity contribution in [1.29, 1.82) is 0 Å². The van der Waals surface area contributed by atoms with Crippen LogP contribution in [0, 0.1) is 6.92 Å². The molecule has 5 nitrogen and oxygen atoms in total. The van der Waals surface area contributed by atoms with E-state index in [1.54, 1.807) is 24.3 Å². The average Bonchev–Trinajstić information content (AvgIpc) is 2.70. The van der Waals surface area contributed by atoms with Crippen molar-refractivity contribution in [3.63, 3.8) is 0 Å². The molecular formula is C22H25BrCl2N2O3. The highest BCUT2D eigenvalue weighted by atomic mass is 79.9. The van der Waals surface area contributed by atoms with Crippen molar-refractivity contribution in [2.75, 3.05) is 13.2 Å². The van der Waals surface area contributed by atoms with Crippen LogP contribution < -0.4 is 10.1 Å². The smallest absolute Gasteiger partial charge is 0.261 e. The monoisotopic (exact) mass is 514 g/mol. The van der Waals surface area contributed by atoms with E-state index in [1.165, 1.54) is 4.90 Å². The molecular weight excluding hydrogens is 491 g/mol. The highest BCUT2D eigenvalue weighted by Crippen LogP contribution is 2.27. The second kappa shape index (κ2) is 11.6. The molecule has 162 valence electrons. The van der Waals surface area contributed by atoms with Crippen LogP contribution in [-0.2, 0) is 16.1 Å². The Bertz CT molecular complexity index is 888. The molecule has 0 spiro atoms. The quantitative estimate of drug-likeness (QED) is 0.487. The van der Waals surface area contributed by atoms with Crippen molar-refractivity contribution in [2.45, 2.75) is 39.8 Å². The molecule has 1 N–H and O–H groups in total. The molecule has 0 fully saturated rings. The molecule has 2 aromatic carbocycles. The Hall–Kier alpha value is -1.76. The van der Waals surface area contributed by atoms with Gasteiger partial charge in [0.25, 0.3) is 5.91 Å². The Balaban J connectivity index is 2.27. The van der Waals surface area contributed by atoms with Gasteiger partial charge >= 0.3 is 0 Å². The molecule has 0 aliphatic heterocycles. The zero-order chi connectivity index (χ0) is 22.3. The molecule has 0 bridgehead atoms. The highest BCUT2D eigenvalue weighted by Gasteiger charge is 2.29. The van der Waals surface area contributed by atoms with E-state index in [1.807, 2.05) is 32.9 Å². The number of nitrogens with zero attached hydrogens (tertiary/aromatic N) is 1. The van der Waals surface area contributed by atoms with Gasteiger partial charge < -0.3 is 15.0 Å². The Morgan fingerprint density at radius 3 is 2.40 bits per heavy atom. The first-order valence-corrected chi connectivity index (χ1v) is 11.2. The van der Waals surface area contributed by atoms with Crippen molar-refractivity contribution < 1.29 is 14.3 Å². The van der Waals surface area contributed by atoms with Gasteiger partial charge in [-0.05, 0) is 56.2 Å². The minimum absolute atomic E-state index is 0.107. The molecule has 0 aliphatic rings. The summed E-state index contributed by atoms with van der Waals surface area (Å²) in [5, 5.41) is 3.67. The van der Waals surface area contributed by atoms with Crippen LogP contribution in [0.4, 0.5) is 0 Å². The summed E-state index contributed by atoms with van der Waals surface area (Å²) in [4.78, 5) is 27.2. The lowest BCUT2D eigenvalue weighted by Gasteiger charge is -2.31. The number of ether oxygens (including phenoxy) is 1. The second-order valence-corrected chi connectivity index (χ2v) is 8.41. The van der Waals surface area contributed by atoms with Crippen LogP contribution in [0.3, 0.4) is 0 Å². The van der Waals surface area contributed by atoms with Gasteiger partial charge in [-0.15, -0.1) is 0 Å². The lowest BCUT2D eigenvalue weighted by molar-refractivity contribution is -0.142. The van der Waals surface area contributed by atoms with Crippen LogP contribution in [0.5, 0.6) is 5.75 Å². The number of aryl methyl sites for hydroxylation is 1. The van der Waals surface area contributed by atoms with E-state index in [2.05, 4.69) is 21.2 Å². The summed E-state index contributed by atoms with van der Waals surface area (Å²) >= 11 is 16.1. The summed E-state index contributed by atoms with van der Waals surface area (Å²) in [5.41, 5.74) is 1.59. The number of hydrogen-bond donors (Lipinski definition) is 1. The molecule has 30 heavy (non-hydrogen) atoms. The molecule has 0 aromatic heterocycles. The van der Waals surface area contributed by atoms with Crippen LogP contribution in [0.2, 0.25) is 10.0 Å². The summed E-state index contributed by atoms with van der Waals surface area (Å²) in [6.07, 6.45) is 0.442. The van der Waals surface area contributed by atoms with E-state index in [0.717, 1.165) is 10.0 Å². The number of likely N-dealkylation sites (N-methyl/N-ethyl adjacent to an activating group) is 1. The Morgan fingerprint density at radius 2 is 1.83 bits per heavy atom. The van der Waals surface area contributed by atoms with Crippen LogP contribution >= 0.6 is 39.1 Å². The molecule has 0 radical (unpaired) electrons. The maximum Gasteiger partial charge on any atom is 0.261 e. The molecule has 0 saturated heterocycles. The topological polar surface area (TPSA) is 58.6 Å². The third-order valence-electron chi connectivity index (χ3n) is 4.62. The summed E-state index contributed by atoms with van der Waals surface area (Å²) in [7, 11) is 0. The van der Waals surface area contributed by atoms with Crippen LogP contribution in [0.1, 0.15) is 31.4 Å². The fraction of sp³-hybridized carbons (Fsp3) is 0.364. The number of carbonyl (C=O) groups excluding carboxylic acids is 2. The molecule has 0 saturated carbocycles. The lowest BCUT2D eigenvalue weighted by Crippen LogP contribution is -2.50. The first kappa shape index (κ1) is 24.5. The molecule has 0 aliphatic carbocycles. The van der Waals surface area contributed by atoms with E-state index in [9.17, 15) is 9.59 Å². The fourth-order valence-electron chi connectivity index (χ4n) is 3.00. The van der Waals surface area contributed by atoms with Crippen LogP contribution in [0.15, 0.2) is 40.9 Å². The van der Waals surface area contributed by atoms with E-state index >= 15 is 0 Å². The number of halogens is 3. The number of rotatable bonds is 9. The number of hydrogen-bond acceptors (Lipinski definition) is 3. The third-order valence-corrected chi connectivity index (χ3v) is 6.22. The molecule has 0 heterocycles. The summed E-state index contributed by atoms with van der Waals surface area (Å²) in [6, 6.07) is 9.97. The predicted molar refractivity (Wildman–Crippen MR) is 124 cm³/mol. The van der Waals surface area contributed by atoms with E-state index in [4.69, 9.17) is 27.9 Å². The van der Waals surface area contributed by atoms with Crippen molar-refractivity contribution in [3.8, 4) is 5.75 Å². The van der Waals surface area contributed by atoms with E-state index in [-0.39, 0.29) is 25.0 Å². The normalized spacial score (nSPS) is 11.7. The van der Waals surface area contributed by atoms with Gasteiger partial charge in [-0.2, -0.15) is 0 Å². The largest absolute Gasteiger partial charge is 0.484 e. The third kappa shape index (κ3) is 6.37. The van der Waals surface area contributed by atoms with Crippen molar-refractivity contribution in [1.82, 2.24) is 10.2 Å². The van der Waals surface area contributed by atoms with Gasteiger partial charge in [0.2, 0.25) is 5.91 Å². The summed E-state index contributed by atoms with van der Waals surface area (Å²) in [5.74, 6) is 0.0199. The molecule has 2 amide bonds. The zero-order valence-electron chi connectivity index (χ0n) is 17.2. The molecule has 1 atom stereocenters. The average molecular weight is 516 g/mol. The predicted octanol–water partition coefficient (Wildman–Crippen LogP) is 5.39. The number of carbonyl (C=O) groups is 2. The zero-order valence-corrected chi connectivity index (χ0v) is 20.3. The van der Waals surface area contributed by atoms with Gasteiger partial charge in [-0.3, -0.25) is 9.59 Å². The molecule has 2 rings (SSSR count). The minimum Gasteiger partial charge on any atom is -0.484 e. The Labute approximate surface area is 195 Å². The maximum atomic E-state index is 13.1. The van der Waals surface area contributed by atoms with Gasteiger partial charge in [-0.25, -0.2) is 0 Å². The van der Waals surface area contributed by atoms with Gasteiger partial charge in [0.15, 0.2) is 6.61 Å². The first-order valence-electron chi connectivity index (χ1n) is 9.67.